The first-order valence-corrected chi connectivity index (χ1v) is 7.34. The monoisotopic (exact) mass is 315 g/mol. The molecule has 0 radical (unpaired) electrons. The Labute approximate surface area is 136 Å². The number of phenols is 1. The van der Waals surface area contributed by atoms with Crippen LogP contribution in [0.25, 0.3) is 0 Å². The van der Waals surface area contributed by atoms with Gasteiger partial charge in [0.1, 0.15) is 11.5 Å². The molecule has 0 aliphatic heterocycles. The predicted molar refractivity (Wildman–Crippen MR) is 90.1 cm³/mol. The summed E-state index contributed by atoms with van der Waals surface area (Å²) in [6.45, 7) is 2.96. The molecule has 0 saturated heterocycles. The molecule has 0 unspecified atom stereocenters. The van der Waals surface area contributed by atoms with Gasteiger partial charge in [-0.05, 0) is 42.8 Å². The van der Waals surface area contributed by atoms with Crippen molar-refractivity contribution < 1.29 is 19.3 Å². The molecule has 2 rings (SSSR count). The summed E-state index contributed by atoms with van der Waals surface area (Å²) >= 11 is 0. The summed E-state index contributed by atoms with van der Waals surface area (Å²) in [6, 6.07) is 10.7. The van der Waals surface area contributed by atoms with Crippen molar-refractivity contribution in [2.75, 3.05) is 20.8 Å². The van der Waals surface area contributed by atoms with Crippen molar-refractivity contribution in [1.29, 1.82) is 0 Å². The number of hydrogen-bond acceptors (Lipinski definition) is 5. The van der Waals surface area contributed by atoms with E-state index in [1.165, 1.54) is 0 Å². The molecule has 0 heterocycles. The lowest BCUT2D eigenvalue weighted by molar-refractivity contribution is 0.339. The molecule has 2 aromatic carbocycles. The summed E-state index contributed by atoms with van der Waals surface area (Å²) < 4.78 is 15.9. The first kappa shape index (κ1) is 16.7. The molecule has 0 amide bonds. The highest BCUT2D eigenvalue weighted by Crippen LogP contribution is 2.28. The first-order valence-electron chi connectivity index (χ1n) is 7.34. The van der Waals surface area contributed by atoms with Crippen LogP contribution in [0.3, 0.4) is 0 Å². The van der Waals surface area contributed by atoms with Gasteiger partial charge in [0.2, 0.25) is 0 Å². The Hall–Kier alpha value is -2.69. The Morgan fingerprint density at radius 3 is 2.52 bits per heavy atom. The summed E-state index contributed by atoms with van der Waals surface area (Å²) in [5, 5.41) is 9.87. The molecular formula is C18H21NO4. The Morgan fingerprint density at radius 1 is 1.04 bits per heavy atom. The minimum absolute atomic E-state index is 0.171. The molecule has 23 heavy (non-hydrogen) atoms. The van der Waals surface area contributed by atoms with Gasteiger partial charge in [0.25, 0.3) is 0 Å². The zero-order valence-electron chi connectivity index (χ0n) is 13.6. The average molecular weight is 315 g/mol. The molecule has 0 bridgehead atoms. The molecule has 1 N–H and O–H groups in total. The standard InChI is InChI=1S/C18H21NO4/c1-4-23-15-6-7-16(20)14(10-15)12-19-11-13-5-8-17(21-2)18(9-13)22-3/h5-10,12,20H,4,11H2,1-3H3. The van der Waals surface area contributed by atoms with Crippen molar-refractivity contribution in [3.8, 4) is 23.0 Å². The lowest BCUT2D eigenvalue weighted by atomic mass is 10.2. The minimum atomic E-state index is 0.171. The van der Waals surface area contributed by atoms with Crippen molar-refractivity contribution in [1.82, 2.24) is 0 Å². The third kappa shape index (κ3) is 4.39. The first-order chi connectivity index (χ1) is 11.2. The Morgan fingerprint density at radius 2 is 1.83 bits per heavy atom. The van der Waals surface area contributed by atoms with Crippen LogP contribution in [0.15, 0.2) is 41.4 Å². The molecule has 0 aliphatic rings. The van der Waals surface area contributed by atoms with E-state index in [1.54, 1.807) is 38.6 Å². The highest BCUT2D eigenvalue weighted by Gasteiger charge is 2.04. The average Bonchev–Trinajstić information content (AvgIpc) is 2.57. The van der Waals surface area contributed by atoms with E-state index in [0.717, 1.165) is 5.56 Å². The fourth-order valence-corrected chi connectivity index (χ4v) is 2.12. The third-order valence-electron chi connectivity index (χ3n) is 3.26. The van der Waals surface area contributed by atoms with Gasteiger partial charge in [-0.1, -0.05) is 6.07 Å². The maximum atomic E-state index is 9.87. The quantitative estimate of drug-likeness (QED) is 0.795. The molecule has 2 aromatic rings. The zero-order chi connectivity index (χ0) is 16.7. The molecule has 5 nitrogen and oxygen atoms in total. The van der Waals surface area contributed by atoms with Crippen LogP contribution in [0.1, 0.15) is 18.1 Å². The minimum Gasteiger partial charge on any atom is -0.507 e. The normalized spacial score (nSPS) is 10.7. The lowest BCUT2D eigenvalue weighted by Crippen LogP contribution is -1.94. The SMILES string of the molecule is CCOc1ccc(O)c(C=NCc2ccc(OC)c(OC)c2)c1. The molecule has 0 aromatic heterocycles. The number of aromatic hydroxyl groups is 1. The predicted octanol–water partition coefficient (Wildman–Crippen LogP) is 3.43. The number of benzene rings is 2. The maximum absolute atomic E-state index is 9.87. The molecule has 0 spiro atoms. The van der Waals surface area contributed by atoms with Gasteiger partial charge < -0.3 is 19.3 Å². The van der Waals surface area contributed by atoms with Gasteiger partial charge >= 0.3 is 0 Å². The van der Waals surface area contributed by atoms with Gasteiger partial charge in [-0.3, -0.25) is 4.99 Å². The summed E-state index contributed by atoms with van der Waals surface area (Å²) in [6.07, 6.45) is 1.63. The van der Waals surface area contributed by atoms with E-state index >= 15 is 0 Å². The van der Waals surface area contributed by atoms with E-state index in [-0.39, 0.29) is 5.75 Å². The topological polar surface area (TPSA) is 60.3 Å². The second kappa shape index (κ2) is 8.08. The summed E-state index contributed by atoms with van der Waals surface area (Å²) in [5.74, 6) is 2.23. The molecule has 5 heteroatoms. The molecule has 0 atom stereocenters. The van der Waals surface area contributed by atoms with Crippen LogP contribution in [-0.4, -0.2) is 32.1 Å². The van der Waals surface area contributed by atoms with Crippen LogP contribution in [0.4, 0.5) is 0 Å². The molecular weight excluding hydrogens is 294 g/mol. The van der Waals surface area contributed by atoms with Crippen LogP contribution in [0, 0.1) is 0 Å². The van der Waals surface area contributed by atoms with Gasteiger partial charge in [0.05, 0.1) is 27.4 Å². The molecule has 0 aliphatic carbocycles. The number of phenolic OH excluding ortho intramolecular Hbond substituents is 1. The van der Waals surface area contributed by atoms with Gasteiger partial charge in [0.15, 0.2) is 11.5 Å². The van der Waals surface area contributed by atoms with Gasteiger partial charge in [0, 0.05) is 11.8 Å². The van der Waals surface area contributed by atoms with E-state index in [9.17, 15) is 5.11 Å². The highest BCUT2D eigenvalue weighted by molar-refractivity contribution is 5.84. The van der Waals surface area contributed by atoms with Crippen molar-refractivity contribution >= 4 is 6.21 Å². The van der Waals surface area contributed by atoms with Crippen molar-refractivity contribution in [2.24, 2.45) is 4.99 Å². The van der Waals surface area contributed by atoms with Crippen LogP contribution >= 0.6 is 0 Å². The van der Waals surface area contributed by atoms with E-state index < -0.39 is 0 Å². The molecule has 122 valence electrons. The summed E-state index contributed by atoms with van der Waals surface area (Å²) in [4.78, 5) is 4.37. The van der Waals surface area contributed by atoms with Gasteiger partial charge in [-0.2, -0.15) is 0 Å². The fraction of sp³-hybridized carbons (Fsp3) is 0.278. The smallest absolute Gasteiger partial charge is 0.161 e. The van der Waals surface area contributed by atoms with Crippen molar-refractivity contribution in [2.45, 2.75) is 13.5 Å². The number of ether oxygens (including phenoxy) is 3. The van der Waals surface area contributed by atoms with Gasteiger partial charge in [-0.15, -0.1) is 0 Å². The summed E-state index contributed by atoms with van der Waals surface area (Å²) in [5.41, 5.74) is 1.61. The second-order valence-electron chi connectivity index (χ2n) is 4.81. The number of nitrogens with zero attached hydrogens (tertiary/aromatic N) is 1. The second-order valence-corrected chi connectivity index (χ2v) is 4.81. The van der Waals surface area contributed by atoms with Crippen molar-refractivity contribution in [3.63, 3.8) is 0 Å². The zero-order valence-corrected chi connectivity index (χ0v) is 13.6. The van der Waals surface area contributed by atoms with Crippen LogP contribution < -0.4 is 14.2 Å². The number of aliphatic imine (C=N–C) groups is 1. The maximum Gasteiger partial charge on any atom is 0.161 e. The van der Waals surface area contributed by atoms with Crippen LogP contribution in [0.2, 0.25) is 0 Å². The van der Waals surface area contributed by atoms with Crippen LogP contribution in [0.5, 0.6) is 23.0 Å². The highest BCUT2D eigenvalue weighted by atomic mass is 16.5. The summed E-state index contributed by atoms with van der Waals surface area (Å²) in [7, 11) is 3.20. The van der Waals surface area contributed by atoms with E-state index in [2.05, 4.69) is 4.99 Å². The Bertz CT molecular complexity index is 683. The van der Waals surface area contributed by atoms with Crippen molar-refractivity contribution in [3.05, 3.63) is 47.5 Å². The van der Waals surface area contributed by atoms with Crippen LogP contribution in [-0.2, 0) is 6.54 Å². The number of rotatable bonds is 7. The molecule has 0 fully saturated rings. The molecule has 0 saturated carbocycles. The number of methoxy groups -OCH3 is 2. The van der Waals surface area contributed by atoms with E-state index in [0.29, 0.717) is 36.0 Å². The Kier molecular flexibility index (Phi) is 5.86. The van der Waals surface area contributed by atoms with E-state index in [1.807, 2.05) is 25.1 Å². The Balaban J connectivity index is 2.11. The van der Waals surface area contributed by atoms with Gasteiger partial charge in [-0.25, -0.2) is 0 Å². The lowest BCUT2D eigenvalue weighted by Gasteiger charge is -2.08. The van der Waals surface area contributed by atoms with E-state index in [4.69, 9.17) is 14.2 Å². The number of hydrogen-bond donors (Lipinski definition) is 1. The largest absolute Gasteiger partial charge is 0.507 e. The fourth-order valence-electron chi connectivity index (χ4n) is 2.12. The third-order valence-corrected chi connectivity index (χ3v) is 3.26.